The predicted molar refractivity (Wildman–Crippen MR) is 105 cm³/mol. The number of hydrogen-bond donors (Lipinski definition) is 0. The SMILES string of the molecule is CC(=O)c1n(-c2c(C)cc(C)cc2C)nc2[n+]1[C@H]1c3ccccc3C[C@H]1OC2. The molecule has 2 heterocycles. The maximum Gasteiger partial charge on any atom is 0.310 e. The standard InChI is InChI=1S/C23H24N3O2/c1-13-9-14(2)21(15(3)10-13)26-23(16(4)27)25-20(24-26)12-28-19-11-17-7-5-6-8-18(17)22(19)25/h5-10,19,22H,11-12H2,1-4H3/q+1/t19-,22+/m1/s1. The molecule has 5 rings (SSSR count). The predicted octanol–water partition coefficient (Wildman–Crippen LogP) is 3.33. The number of fused-ring (bicyclic) bond motifs is 5. The summed E-state index contributed by atoms with van der Waals surface area (Å²) < 4.78 is 10.1. The van der Waals surface area contributed by atoms with Crippen LogP contribution in [0.4, 0.5) is 0 Å². The average Bonchev–Trinajstić information content (AvgIpc) is 3.18. The molecule has 1 aliphatic heterocycles. The second-order valence-electron chi connectivity index (χ2n) is 8.02. The molecule has 0 amide bonds. The Bertz CT molecular complexity index is 1110. The van der Waals surface area contributed by atoms with Gasteiger partial charge in [-0.05, 0) is 43.0 Å². The first-order chi connectivity index (χ1) is 13.5. The second-order valence-corrected chi connectivity index (χ2v) is 8.02. The van der Waals surface area contributed by atoms with Crippen molar-refractivity contribution in [1.82, 2.24) is 9.78 Å². The Balaban J connectivity index is 1.78. The molecule has 0 saturated carbocycles. The molecular formula is C23H24N3O2+. The first-order valence-electron chi connectivity index (χ1n) is 9.77. The van der Waals surface area contributed by atoms with Crippen LogP contribution in [0.2, 0.25) is 0 Å². The molecule has 0 radical (unpaired) electrons. The van der Waals surface area contributed by atoms with Crippen molar-refractivity contribution in [2.75, 3.05) is 0 Å². The van der Waals surface area contributed by atoms with Crippen molar-refractivity contribution in [3.05, 3.63) is 75.9 Å². The summed E-state index contributed by atoms with van der Waals surface area (Å²) in [4.78, 5) is 12.8. The van der Waals surface area contributed by atoms with Crippen molar-refractivity contribution in [3.63, 3.8) is 0 Å². The molecule has 2 aliphatic rings. The third kappa shape index (κ3) is 2.39. The Kier molecular flexibility index (Phi) is 3.78. The fourth-order valence-corrected chi connectivity index (χ4v) is 4.98. The summed E-state index contributed by atoms with van der Waals surface area (Å²) in [7, 11) is 0. The van der Waals surface area contributed by atoms with Gasteiger partial charge in [0.05, 0.1) is 0 Å². The Morgan fingerprint density at radius 2 is 1.89 bits per heavy atom. The fourth-order valence-electron chi connectivity index (χ4n) is 4.98. The van der Waals surface area contributed by atoms with E-state index in [-0.39, 0.29) is 17.9 Å². The van der Waals surface area contributed by atoms with E-state index in [9.17, 15) is 4.79 Å². The van der Waals surface area contributed by atoms with Gasteiger partial charge < -0.3 is 4.74 Å². The van der Waals surface area contributed by atoms with Crippen LogP contribution in [0.15, 0.2) is 36.4 Å². The highest BCUT2D eigenvalue weighted by atomic mass is 16.5. The monoisotopic (exact) mass is 374 g/mol. The van der Waals surface area contributed by atoms with Crippen LogP contribution >= 0.6 is 0 Å². The Morgan fingerprint density at radius 1 is 1.18 bits per heavy atom. The lowest BCUT2D eigenvalue weighted by molar-refractivity contribution is -0.740. The van der Waals surface area contributed by atoms with Gasteiger partial charge in [0.25, 0.3) is 0 Å². The first-order valence-corrected chi connectivity index (χ1v) is 9.77. The number of Topliss-reactive ketones (excluding diaryl/α,β-unsaturated/α-hetero) is 1. The molecule has 2 aromatic carbocycles. The van der Waals surface area contributed by atoms with Gasteiger partial charge in [-0.2, -0.15) is 0 Å². The topological polar surface area (TPSA) is 48.0 Å². The molecule has 0 saturated heterocycles. The number of hydrogen-bond acceptors (Lipinski definition) is 3. The molecule has 0 unspecified atom stereocenters. The number of ketones is 1. The lowest BCUT2D eigenvalue weighted by Crippen LogP contribution is -2.54. The van der Waals surface area contributed by atoms with E-state index in [1.807, 2.05) is 4.68 Å². The van der Waals surface area contributed by atoms with Crippen LogP contribution in [-0.4, -0.2) is 21.7 Å². The Labute approximate surface area is 164 Å². The number of aromatic nitrogens is 3. The zero-order chi connectivity index (χ0) is 19.6. The minimum atomic E-state index is -0.00124. The van der Waals surface area contributed by atoms with Gasteiger partial charge in [-0.1, -0.05) is 46.6 Å². The van der Waals surface area contributed by atoms with Gasteiger partial charge in [0.15, 0.2) is 0 Å². The maximum absolute atomic E-state index is 12.8. The van der Waals surface area contributed by atoms with E-state index in [0.29, 0.717) is 12.4 Å². The summed E-state index contributed by atoms with van der Waals surface area (Å²) in [6.07, 6.45) is 0.920. The fraction of sp³-hybridized carbons (Fsp3) is 0.348. The summed E-state index contributed by atoms with van der Waals surface area (Å²) in [6.45, 7) is 8.30. The zero-order valence-electron chi connectivity index (χ0n) is 16.7. The van der Waals surface area contributed by atoms with E-state index in [2.05, 4.69) is 61.7 Å². The van der Waals surface area contributed by atoms with E-state index >= 15 is 0 Å². The van der Waals surface area contributed by atoms with Crippen LogP contribution in [0, 0.1) is 20.8 Å². The average molecular weight is 374 g/mol. The van der Waals surface area contributed by atoms with Crippen LogP contribution < -0.4 is 4.57 Å². The molecule has 0 spiro atoms. The highest BCUT2D eigenvalue weighted by Crippen LogP contribution is 2.36. The number of rotatable bonds is 2. The molecule has 3 aromatic rings. The zero-order valence-corrected chi connectivity index (χ0v) is 16.7. The smallest absolute Gasteiger partial charge is 0.310 e. The largest absolute Gasteiger partial charge is 0.363 e. The highest BCUT2D eigenvalue weighted by molar-refractivity contribution is 5.89. The minimum Gasteiger partial charge on any atom is -0.363 e. The van der Waals surface area contributed by atoms with Gasteiger partial charge in [0, 0.05) is 18.4 Å². The summed E-state index contributed by atoms with van der Waals surface area (Å²) in [5.74, 6) is 1.45. The molecule has 1 aromatic heterocycles. The summed E-state index contributed by atoms with van der Waals surface area (Å²) in [5.41, 5.74) is 6.96. The molecule has 1 aliphatic carbocycles. The van der Waals surface area contributed by atoms with Crippen LogP contribution in [0.3, 0.4) is 0 Å². The lowest BCUT2D eigenvalue weighted by atomic mass is 10.0. The van der Waals surface area contributed by atoms with Crippen molar-refractivity contribution in [1.29, 1.82) is 0 Å². The summed E-state index contributed by atoms with van der Waals surface area (Å²) in [5, 5.41) is 4.86. The number of aryl methyl sites for hydroxylation is 3. The van der Waals surface area contributed by atoms with Crippen LogP contribution in [0.25, 0.3) is 5.69 Å². The normalized spacial score (nSPS) is 19.9. The third-order valence-electron chi connectivity index (χ3n) is 5.94. The van der Waals surface area contributed by atoms with Gasteiger partial charge in [0.1, 0.15) is 24.4 Å². The van der Waals surface area contributed by atoms with E-state index in [1.54, 1.807) is 6.92 Å². The van der Waals surface area contributed by atoms with Gasteiger partial charge in [-0.25, -0.2) is 4.57 Å². The molecule has 0 bridgehead atoms. The van der Waals surface area contributed by atoms with E-state index in [1.165, 1.54) is 16.7 Å². The van der Waals surface area contributed by atoms with E-state index in [0.717, 1.165) is 29.1 Å². The molecule has 5 heteroatoms. The van der Waals surface area contributed by atoms with Crippen molar-refractivity contribution in [2.24, 2.45) is 0 Å². The van der Waals surface area contributed by atoms with Crippen LogP contribution in [-0.2, 0) is 17.8 Å². The van der Waals surface area contributed by atoms with Gasteiger partial charge in [-0.3, -0.25) is 4.79 Å². The Hall–Kier alpha value is -2.79. The number of nitrogens with zero attached hydrogens (tertiary/aromatic N) is 3. The highest BCUT2D eigenvalue weighted by Gasteiger charge is 2.47. The molecule has 5 nitrogen and oxygen atoms in total. The molecule has 142 valence electrons. The lowest BCUT2D eigenvalue weighted by Gasteiger charge is -2.24. The summed E-state index contributed by atoms with van der Waals surface area (Å²) >= 11 is 0. The van der Waals surface area contributed by atoms with E-state index in [4.69, 9.17) is 9.84 Å². The van der Waals surface area contributed by atoms with E-state index < -0.39 is 0 Å². The van der Waals surface area contributed by atoms with Crippen molar-refractivity contribution < 1.29 is 14.1 Å². The van der Waals surface area contributed by atoms with Gasteiger partial charge in [0.2, 0.25) is 5.78 Å². The van der Waals surface area contributed by atoms with Crippen molar-refractivity contribution in [3.8, 4) is 5.69 Å². The first kappa shape index (κ1) is 17.3. The molecule has 28 heavy (non-hydrogen) atoms. The van der Waals surface area contributed by atoms with Crippen molar-refractivity contribution in [2.45, 2.75) is 52.9 Å². The van der Waals surface area contributed by atoms with Gasteiger partial charge in [-0.15, -0.1) is 0 Å². The quantitative estimate of drug-likeness (QED) is 0.511. The number of carbonyl (C=O) groups excluding carboxylic acids is 1. The summed E-state index contributed by atoms with van der Waals surface area (Å²) in [6, 6.07) is 12.7. The van der Waals surface area contributed by atoms with Crippen LogP contribution in [0.1, 0.15) is 57.2 Å². The maximum atomic E-state index is 12.8. The van der Waals surface area contributed by atoms with Gasteiger partial charge >= 0.3 is 11.6 Å². The molecule has 0 N–H and O–H groups in total. The number of benzene rings is 2. The molecule has 2 atom stereocenters. The Morgan fingerprint density at radius 3 is 2.61 bits per heavy atom. The third-order valence-corrected chi connectivity index (χ3v) is 5.94. The minimum absolute atomic E-state index is 0.00124. The number of ether oxygens (including phenoxy) is 1. The van der Waals surface area contributed by atoms with Crippen molar-refractivity contribution >= 4 is 5.78 Å². The molecular weight excluding hydrogens is 350 g/mol. The second kappa shape index (κ2) is 6.11. The number of carbonyl (C=O) groups is 1. The molecule has 0 fully saturated rings. The van der Waals surface area contributed by atoms with Crippen LogP contribution in [0.5, 0.6) is 0 Å².